The third kappa shape index (κ3) is 4.83. The van der Waals surface area contributed by atoms with E-state index >= 15 is 0 Å². The molecule has 0 radical (unpaired) electrons. The second-order valence-electron chi connectivity index (χ2n) is 7.48. The molecule has 1 aliphatic heterocycles. The second-order valence-corrected chi connectivity index (χ2v) is 10.6. The highest BCUT2D eigenvalue weighted by Crippen LogP contribution is 2.29. The zero-order valence-corrected chi connectivity index (χ0v) is 18.7. The van der Waals surface area contributed by atoms with E-state index in [1.165, 1.54) is 29.2 Å². The lowest BCUT2D eigenvalue weighted by Crippen LogP contribution is -2.38. The van der Waals surface area contributed by atoms with E-state index in [4.69, 9.17) is 0 Å². The van der Waals surface area contributed by atoms with Gasteiger partial charge in [0, 0.05) is 24.3 Å². The van der Waals surface area contributed by atoms with Crippen LogP contribution in [-0.4, -0.2) is 64.3 Å². The number of benzene rings is 2. The molecule has 7 nitrogen and oxygen atoms in total. The third-order valence-electron chi connectivity index (χ3n) is 5.29. The van der Waals surface area contributed by atoms with Crippen LogP contribution in [0, 0.1) is 11.6 Å². The first-order chi connectivity index (χ1) is 15.2. The van der Waals surface area contributed by atoms with Gasteiger partial charge in [0.15, 0.2) is 20.8 Å². The van der Waals surface area contributed by atoms with E-state index in [1.54, 1.807) is 35.9 Å². The van der Waals surface area contributed by atoms with Crippen LogP contribution < -0.4 is 0 Å². The molecule has 1 fully saturated rings. The monoisotopic (exact) mass is 478 g/mol. The Labute approximate surface area is 188 Å². The van der Waals surface area contributed by atoms with Crippen molar-refractivity contribution in [3.8, 4) is 17.1 Å². The largest absolute Gasteiger partial charge is 0.341 e. The SMILES string of the molecule is CN(C(=O)CSc1nnc(-c2ccc(F)cc2)n1-c1ccc(F)cc1)[C@H]1CCS(=O)(=O)C1. The zero-order chi connectivity index (χ0) is 22.9. The number of hydrogen-bond acceptors (Lipinski definition) is 6. The average molecular weight is 479 g/mol. The Morgan fingerprint density at radius 3 is 2.31 bits per heavy atom. The Bertz CT molecular complexity index is 1230. The van der Waals surface area contributed by atoms with Crippen LogP contribution in [0.15, 0.2) is 53.7 Å². The van der Waals surface area contributed by atoms with Crippen molar-refractivity contribution in [2.75, 3.05) is 24.3 Å². The van der Waals surface area contributed by atoms with Crippen molar-refractivity contribution in [1.82, 2.24) is 19.7 Å². The highest BCUT2D eigenvalue weighted by molar-refractivity contribution is 7.99. The highest BCUT2D eigenvalue weighted by Gasteiger charge is 2.32. The van der Waals surface area contributed by atoms with Gasteiger partial charge in [0.05, 0.1) is 17.3 Å². The summed E-state index contributed by atoms with van der Waals surface area (Å²) in [7, 11) is -1.50. The van der Waals surface area contributed by atoms with Gasteiger partial charge in [-0.15, -0.1) is 10.2 Å². The molecule has 1 aliphatic rings. The fourth-order valence-corrected chi connectivity index (χ4v) is 6.13. The van der Waals surface area contributed by atoms with Gasteiger partial charge in [-0.1, -0.05) is 11.8 Å². The van der Waals surface area contributed by atoms with E-state index < -0.39 is 21.5 Å². The number of amides is 1. The third-order valence-corrected chi connectivity index (χ3v) is 7.96. The molecule has 168 valence electrons. The predicted octanol–water partition coefficient (Wildman–Crippen LogP) is 2.95. The van der Waals surface area contributed by atoms with Gasteiger partial charge in [-0.05, 0) is 55.0 Å². The van der Waals surface area contributed by atoms with Crippen LogP contribution in [0.5, 0.6) is 0 Å². The summed E-state index contributed by atoms with van der Waals surface area (Å²) in [5.74, 6) is -0.518. The van der Waals surface area contributed by atoms with Crippen LogP contribution in [0.2, 0.25) is 0 Å². The Morgan fingerprint density at radius 2 is 1.72 bits per heavy atom. The predicted molar refractivity (Wildman–Crippen MR) is 117 cm³/mol. The molecule has 1 aromatic heterocycles. The minimum absolute atomic E-state index is 0.0236. The fourth-order valence-electron chi connectivity index (χ4n) is 3.48. The molecule has 1 atom stereocenters. The highest BCUT2D eigenvalue weighted by atomic mass is 32.2. The van der Waals surface area contributed by atoms with Crippen molar-refractivity contribution in [2.24, 2.45) is 0 Å². The number of halogens is 2. The van der Waals surface area contributed by atoms with Crippen molar-refractivity contribution in [1.29, 1.82) is 0 Å². The van der Waals surface area contributed by atoms with Gasteiger partial charge in [-0.3, -0.25) is 9.36 Å². The summed E-state index contributed by atoms with van der Waals surface area (Å²) in [6, 6.07) is 11.1. The van der Waals surface area contributed by atoms with Gasteiger partial charge in [0.2, 0.25) is 5.91 Å². The molecule has 2 heterocycles. The lowest BCUT2D eigenvalue weighted by Gasteiger charge is -2.23. The van der Waals surface area contributed by atoms with Crippen molar-refractivity contribution in [2.45, 2.75) is 17.6 Å². The van der Waals surface area contributed by atoms with E-state index in [0.29, 0.717) is 28.7 Å². The van der Waals surface area contributed by atoms with Gasteiger partial charge >= 0.3 is 0 Å². The molecule has 32 heavy (non-hydrogen) atoms. The molecular weight excluding hydrogens is 458 g/mol. The van der Waals surface area contributed by atoms with E-state index in [-0.39, 0.29) is 29.2 Å². The summed E-state index contributed by atoms with van der Waals surface area (Å²) in [5, 5.41) is 8.79. The molecule has 1 amide bonds. The van der Waals surface area contributed by atoms with E-state index in [0.717, 1.165) is 11.8 Å². The van der Waals surface area contributed by atoms with Crippen LogP contribution in [-0.2, 0) is 14.6 Å². The lowest BCUT2D eigenvalue weighted by molar-refractivity contribution is -0.128. The van der Waals surface area contributed by atoms with Gasteiger partial charge in [0.1, 0.15) is 11.6 Å². The Hall–Kier alpha value is -2.79. The maximum absolute atomic E-state index is 13.5. The molecule has 0 aliphatic carbocycles. The van der Waals surface area contributed by atoms with Gasteiger partial charge < -0.3 is 4.90 Å². The van der Waals surface area contributed by atoms with Gasteiger partial charge in [-0.25, -0.2) is 17.2 Å². The number of carbonyl (C=O) groups is 1. The molecule has 0 spiro atoms. The van der Waals surface area contributed by atoms with Crippen LogP contribution in [0.4, 0.5) is 8.78 Å². The summed E-state index contributed by atoms with van der Waals surface area (Å²) < 4.78 is 51.9. The smallest absolute Gasteiger partial charge is 0.233 e. The maximum Gasteiger partial charge on any atom is 0.233 e. The lowest BCUT2D eigenvalue weighted by atomic mass is 10.2. The summed E-state index contributed by atoms with van der Waals surface area (Å²) in [6.07, 6.45) is 0.426. The van der Waals surface area contributed by atoms with Crippen LogP contribution in [0.1, 0.15) is 6.42 Å². The molecule has 0 saturated carbocycles. The van der Waals surface area contributed by atoms with E-state index in [1.807, 2.05) is 0 Å². The molecule has 2 aromatic carbocycles. The number of aromatic nitrogens is 3. The Kier molecular flexibility index (Phi) is 6.29. The number of nitrogens with zero attached hydrogens (tertiary/aromatic N) is 4. The topological polar surface area (TPSA) is 85.2 Å². The van der Waals surface area contributed by atoms with E-state index in [2.05, 4.69) is 10.2 Å². The molecule has 11 heteroatoms. The zero-order valence-electron chi connectivity index (χ0n) is 17.1. The van der Waals surface area contributed by atoms with Crippen LogP contribution in [0.25, 0.3) is 17.1 Å². The molecule has 3 aromatic rings. The molecule has 4 rings (SSSR count). The van der Waals surface area contributed by atoms with Gasteiger partial charge in [-0.2, -0.15) is 0 Å². The Morgan fingerprint density at radius 1 is 1.09 bits per heavy atom. The van der Waals surface area contributed by atoms with Crippen molar-refractivity contribution in [3.05, 3.63) is 60.2 Å². The molecule has 0 unspecified atom stereocenters. The van der Waals surface area contributed by atoms with Crippen molar-refractivity contribution in [3.63, 3.8) is 0 Å². The minimum Gasteiger partial charge on any atom is -0.341 e. The average Bonchev–Trinajstić information content (AvgIpc) is 3.35. The van der Waals surface area contributed by atoms with Crippen LogP contribution >= 0.6 is 11.8 Å². The number of thioether (sulfide) groups is 1. The van der Waals surface area contributed by atoms with Crippen LogP contribution in [0.3, 0.4) is 0 Å². The van der Waals surface area contributed by atoms with E-state index in [9.17, 15) is 22.0 Å². The van der Waals surface area contributed by atoms with Crippen molar-refractivity contribution >= 4 is 27.5 Å². The minimum atomic E-state index is -3.10. The molecular formula is C21H20F2N4O3S2. The molecule has 0 bridgehead atoms. The quantitative estimate of drug-likeness (QED) is 0.507. The summed E-state index contributed by atoms with van der Waals surface area (Å²) in [5.41, 5.74) is 1.19. The number of rotatable bonds is 6. The number of sulfone groups is 1. The maximum atomic E-state index is 13.5. The number of hydrogen-bond donors (Lipinski definition) is 0. The summed E-state index contributed by atoms with van der Waals surface area (Å²) in [6.45, 7) is 0. The second kappa shape index (κ2) is 8.99. The molecule has 1 saturated heterocycles. The first-order valence-corrected chi connectivity index (χ1v) is 12.6. The molecule has 0 N–H and O–H groups in total. The first kappa shape index (κ1) is 22.4. The first-order valence-electron chi connectivity index (χ1n) is 9.80. The fraction of sp³-hybridized carbons (Fsp3) is 0.286. The summed E-state index contributed by atoms with van der Waals surface area (Å²) in [4.78, 5) is 14.2. The normalized spacial score (nSPS) is 17.4. The van der Waals surface area contributed by atoms with Crippen molar-refractivity contribution < 1.29 is 22.0 Å². The number of carbonyl (C=O) groups excluding carboxylic acids is 1. The summed E-state index contributed by atoms with van der Waals surface area (Å²) >= 11 is 1.14. The van der Waals surface area contributed by atoms with Gasteiger partial charge in [0.25, 0.3) is 0 Å². The Balaban J connectivity index is 1.59. The standard InChI is InChI=1S/C21H20F2N4O3S2/c1-26(18-10-11-32(29,30)13-18)19(28)12-31-21-25-24-20(14-2-4-15(22)5-3-14)27(21)17-8-6-16(23)7-9-17/h2-9,18H,10-13H2,1H3/t18-/m0/s1.